The number of benzene rings is 2. The summed E-state index contributed by atoms with van der Waals surface area (Å²) in [6.45, 7) is 5.07. The van der Waals surface area contributed by atoms with Crippen LogP contribution in [0.4, 0.5) is 5.82 Å². The summed E-state index contributed by atoms with van der Waals surface area (Å²) >= 11 is 0. The van der Waals surface area contributed by atoms with Crippen LogP contribution in [-0.4, -0.2) is 55.4 Å². The first-order valence-electron chi connectivity index (χ1n) is 10.6. The summed E-state index contributed by atoms with van der Waals surface area (Å²) in [5, 5.41) is 2.16. The first-order valence-corrected chi connectivity index (χ1v) is 10.6. The maximum atomic E-state index is 6.04. The molecule has 1 aliphatic heterocycles. The molecule has 0 amide bonds. The van der Waals surface area contributed by atoms with Gasteiger partial charge in [-0.05, 0) is 41.5 Å². The molecule has 2 atom stereocenters. The van der Waals surface area contributed by atoms with Gasteiger partial charge in [0, 0.05) is 36.6 Å². The molecule has 2 heterocycles. The molecule has 3 aromatic rings. The van der Waals surface area contributed by atoms with Crippen LogP contribution >= 0.6 is 0 Å². The van der Waals surface area contributed by atoms with Crippen LogP contribution in [0.2, 0.25) is 0 Å². The molecule has 0 radical (unpaired) electrons. The highest BCUT2D eigenvalue weighted by atomic mass is 16.5. The lowest BCUT2D eigenvalue weighted by Gasteiger charge is -2.18. The van der Waals surface area contributed by atoms with Crippen LogP contribution in [0.1, 0.15) is 0 Å². The lowest BCUT2D eigenvalue weighted by Crippen LogP contribution is -2.31. The van der Waals surface area contributed by atoms with Gasteiger partial charge in [0.1, 0.15) is 18.2 Å². The molecule has 1 saturated carbocycles. The van der Waals surface area contributed by atoms with Crippen molar-refractivity contribution in [2.45, 2.75) is 6.04 Å². The minimum atomic E-state index is 0.451. The first-order chi connectivity index (χ1) is 14.7. The molecule has 6 nitrogen and oxygen atoms in total. The first kappa shape index (κ1) is 19.3. The van der Waals surface area contributed by atoms with Crippen molar-refractivity contribution in [1.29, 1.82) is 0 Å². The zero-order valence-electron chi connectivity index (χ0n) is 17.0. The Morgan fingerprint density at radius 3 is 2.50 bits per heavy atom. The molecule has 6 heteroatoms. The number of piperidine rings is 1. The number of ether oxygens (including phenoxy) is 2. The summed E-state index contributed by atoms with van der Waals surface area (Å²) in [6.07, 6.45) is 0. The molecule has 30 heavy (non-hydrogen) atoms. The van der Waals surface area contributed by atoms with Gasteiger partial charge in [0.2, 0.25) is 0 Å². The molecule has 2 aromatic carbocycles. The van der Waals surface area contributed by atoms with E-state index in [1.165, 1.54) is 0 Å². The Morgan fingerprint density at radius 1 is 0.900 bits per heavy atom. The van der Waals surface area contributed by atoms with Crippen molar-refractivity contribution >= 4 is 16.6 Å². The maximum Gasteiger partial charge on any atom is 0.127 e. The zero-order chi connectivity index (χ0) is 20.5. The van der Waals surface area contributed by atoms with E-state index in [1.807, 2.05) is 36.4 Å². The van der Waals surface area contributed by atoms with E-state index >= 15 is 0 Å². The molecule has 1 aromatic heterocycles. The summed E-state index contributed by atoms with van der Waals surface area (Å²) in [5.41, 5.74) is 13.8. The van der Waals surface area contributed by atoms with Gasteiger partial charge in [0.15, 0.2) is 0 Å². The number of rotatable bonds is 8. The Kier molecular flexibility index (Phi) is 5.29. The number of nitrogens with zero attached hydrogens (tertiary/aromatic N) is 2. The number of pyridine rings is 1. The minimum Gasteiger partial charge on any atom is -0.491 e. The van der Waals surface area contributed by atoms with Gasteiger partial charge in [0.05, 0.1) is 18.9 Å². The van der Waals surface area contributed by atoms with Crippen LogP contribution in [0.25, 0.3) is 22.0 Å². The fourth-order valence-corrected chi connectivity index (χ4v) is 4.57. The standard InChI is InChI=1S/C24H28N4O2/c25-23-7-3-6-21(27-23)17-8-9-22(18-5-2-1-4-16(17)18)30-13-12-29-11-10-28-14-19-20(15-28)24(19)26/h1-9,19-20,24H,10-15,26H2,(H2,25,27). The van der Waals surface area contributed by atoms with Gasteiger partial charge in [-0.15, -0.1) is 0 Å². The average Bonchev–Trinajstić information content (AvgIpc) is 3.16. The summed E-state index contributed by atoms with van der Waals surface area (Å²) in [4.78, 5) is 6.92. The summed E-state index contributed by atoms with van der Waals surface area (Å²) < 4.78 is 11.8. The number of anilines is 1. The molecule has 4 N–H and O–H groups in total. The molecule has 1 saturated heterocycles. The Bertz CT molecular complexity index is 1030. The van der Waals surface area contributed by atoms with E-state index in [9.17, 15) is 0 Å². The molecule has 2 fully saturated rings. The summed E-state index contributed by atoms with van der Waals surface area (Å²) in [7, 11) is 0. The third-order valence-electron chi connectivity index (χ3n) is 6.30. The van der Waals surface area contributed by atoms with Gasteiger partial charge >= 0.3 is 0 Å². The summed E-state index contributed by atoms with van der Waals surface area (Å²) in [5.74, 6) is 2.83. The minimum absolute atomic E-state index is 0.451. The smallest absolute Gasteiger partial charge is 0.127 e. The second-order valence-corrected chi connectivity index (χ2v) is 8.23. The van der Waals surface area contributed by atoms with Crippen LogP contribution in [-0.2, 0) is 4.74 Å². The number of hydrogen-bond acceptors (Lipinski definition) is 6. The van der Waals surface area contributed by atoms with Crippen molar-refractivity contribution < 1.29 is 9.47 Å². The molecule has 2 aliphatic rings. The van der Waals surface area contributed by atoms with E-state index in [0.29, 0.717) is 25.1 Å². The quantitative estimate of drug-likeness (QED) is 0.562. The fourth-order valence-electron chi connectivity index (χ4n) is 4.57. The van der Waals surface area contributed by atoms with Gasteiger partial charge in [0.25, 0.3) is 0 Å². The number of aromatic nitrogens is 1. The van der Waals surface area contributed by atoms with Crippen molar-refractivity contribution in [2.24, 2.45) is 17.6 Å². The highest BCUT2D eigenvalue weighted by molar-refractivity contribution is 5.99. The highest BCUT2D eigenvalue weighted by Gasteiger charge is 2.53. The monoisotopic (exact) mass is 404 g/mol. The third kappa shape index (κ3) is 3.86. The molecule has 5 rings (SSSR count). The third-order valence-corrected chi connectivity index (χ3v) is 6.30. The van der Waals surface area contributed by atoms with E-state index in [4.69, 9.17) is 20.9 Å². The second kappa shape index (κ2) is 8.22. The molecular formula is C24H28N4O2. The predicted octanol–water partition coefficient (Wildman–Crippen LogP) is 2.77. The molecule has 0 bridgehead atoms. The molecule has 156 valence electrons. The SMILES string of the molecule is Nc1cccc(-c2ccc(OCCOCCN3CC4C(N)C4C3)c3ccccc23)n1. The van der Waals surface area contributed by atoms with Crippen molar-refractivity contribution in [2.75, 3.05) is 45.2 Å². The molecular weight excluding hydrogens is 376 g/mol. The average molecular weight is 405 g/mol. The van der Waals surface area contributed by atoms with Crippen molar-refractivity contribution in [3.63, 3.8) is 0 Å². The van der Waals surface area contributed by atoms with Gasteiger partial charge in [-0.3, -0.25) is 0 Å². The summed E-state index contributed by atoms with van der Waals surface area (Å²) in [6, 6.07) is 18.4. The van der Waals surface area contributed by atoms with Crippen LogP contribution in [0.15, 0.2) is 54.6 Å². The van der Waals surface area contributed by atoms with Crippen LogP contribution in [0, 0.1) is 11.8 Å². The van der Waals surface area contributed by atoms with Gasteiger partial charge in [-0.1, -0.05) is 30.3 Å². The number of hydrogen-bond donors (Lipinski definition) is 2. The van der Waals surface area contributed by atoms with E-state index in [1.54, 1.807) is 6.07 Å². The number of likely N-dealkylation sites (tertiary alicyclic amines) is 1. The highest BCUT2D eigenvalue weighted by Crippen LogP contribution is 2.43. The Morgan fingerprint density at radius 2 is 1.70 bits per heavy atom. The van der Waals surface area contributed by atoms with Crippen molar-refractivity contribution in [1.82, 2.24) is 9.88 Å². The molecule has 0 spiro atoms. The van der Waals surface area contributed by atoms with E-state index in [2.05, 4.69) is 22.0 Å². The number of nitrogen functional groups attached to an aromatic ring is 1. The van der Waals surface area contributed by atoms with Crippen LogP contribution in [0.5, 0.6) is 5.75 Å². The topological polar surface area (TPSA) is 86.6 Å². The predicted molar refractivity (Wildman–Crippen MR) is 119 cm³/mol. The van der Waals surface area contributed by atoms with Crippen molar-refractivity contribution in [3.8, 4) is 17.0 Å². The second-order valence-electron chi connectivity index (χ2n) is 8.23. The lowest BCUT2D eigenvalue weighted by molar-refractivity contribution is 0.0824. The Balaban J connectivity index is 1.17. The van der Waals surface area contributed by atoms with E-state index in [-0.39, 0.29) is 0 Å². The largest absolute Gasteiger partial charge is 0.491 e. The number of fused-ring (bicyclic) bond motifs is 2. The van der Waals surface area contributed by atoms with Gasteiger partial charge in [-0.25, -0.2) is 4.98 Å². The van der Waals surface area contributed by atoms with Gasteiger partial charge < -0.3 is 25.8 Å². The normalized spacial score (nSPS) is 22.9. The lowest BCUT2D eigenvalue weighted by atomic mass is 10.0. The molecule has 2 unspecified atom stereocenters. The number of nitrogens with two attached hydrogens (primary N) is 2. The zero-order valence-corrected chi connectivity index (χ0v) is 17.0. The van der Waals surface area contributed by atoms with E-state index in [0.717, 1.165) is 65.9 Å². The Hall–Kier alpha value is -2.67. The molecule has 1 aliphatic carbocycles. The van der Waals surface area contributed by atoms with Crippen LogP contribution < -0.4 is 16.2 Å². The van der Waals surface area contributed by atoms with Crippen molar-refractivity contribution in [3.05, 3.63) is 54.6 Å². The Labute approximate surface area is 176 Å². The maximum absolute atomic E-state index is 6.04. The van der Waals surface area contributed by atoms with Gasteiger partial charge in [-0.2, -0.15) is 0 Å². The van der Waals surface area contributed by atoms with E-state index < -0.39 is 0 Å². The van der Waals surface area contributed by atoms with Crippen LogP contribution in [0.3, 0.4) is 0 Å². The fraction of sp³-hybridized carbons (Fsp3) is 0.375.